The zero-order valence-electron chi connectivity index (χ0n) is 19.5. The first-order valence-corrected chi connectivity index (χ1v) is 11.7. The van der Waals surface area contributed by atoms with E-state index >= 15 is 0 Å². The van der Waals surface area contributed by atoms with Crippen molar-refractivity contribution in [2.75, 3.05) is 0 Å². The van der Waals surface area contributed by atoms with Gasteiger partial charge >= 0.3 is 0 Å². The first-order chi connectivity index (χ1) is 17.1. The van der Waals surface area contributed by atoms with Gasteiger partial charge in [-0.25, -0.2) is 19.6 Å². The highest BCUT2D eigenvalue weighted by Gasteiger charge is 2.29. The van der Waals surface area contributed by atoms with Crippen LogP contribution in [0.15, 0.2) is 67.4 Å². The molecule has 1 atom stereocenters. The van der Waals surface area contributed by atoms with Gasteiger partial charge in [-0.2, -0.15) is 14.9 Å². The summed E-state index contributed by atoms with van der Waals surface area (Å²) in [7, 11) is 0. The van der Waals surface area contributed by atoms with Gasteiger partial charge in [-0.05, 0) is 62.6 Å². The fourth-order valence-corrected chi connectivity index (χ4v) is 4.33. The summed E-state index contributed by atoms with van der Waals surface area (Å²) in [6.45, 7) is 3.88. The standard InChI is InChI=1S/C26H24N8O/c1-16(18-8-10-20(11-9-18)33-15-27-14-29-33)30-26(35)21-13-22(19-6-7-19)31-25-24(21)17(2)32-34(25)23-5-3-4-12-28-23/h3-5,8-16,19H,6-7H2,1-2H3,(H,30,35). The maximum atomic E-state index is 13.6. The van der Waals surface area contributed by atoms with Crippen LogP contribution < -0.4 is 5.32 Å². The number of hydrogen-bond donors (Lipinski definition) is 1. The number of hydrogen-bond acceptors (Lipinski definition) is 6. The molecule has 0 spiro atoms. The number of fused-ring (bicyclic) bond motifs is 1. The summed E-state index contributed by atoms with van der Waals surface area (Å²) in [5, 5.41) is 12.8. The molecule has 0 saturated heterocycles. The van der Waals surface area contributed by atoms with Crippen molar-refractivity contribution in [1.29, 1.82) is 0 Å². The molecular formula is C26H24N8O. The lowest BCUT2D eigenvalue weighted by Crippen LogP contribution is -2.27. The largest absolute Gasteiger partial charge is 0.345 e. The van der Waals surface area contributed by atoms with E-state index in [9.17, 15) is 4.79 Å². The molecule has 0 bridgehead atoms. The molecule has 4 aromatic heterocycles. The molecule has 35 heavy (non-hydrogen) atoms. The van der Waals surface area contributed by atoms with Crippen LogP contribution in [-0.2, 0) is 0 Å². The topological polar surface area (TPSA) is 103 Å². The molecule has 1 aromatic carbocycles. The lowest BCUT2D eigenvalue weighted by molar-refractivity contribution is 0.0941. The minimum atomic E-state index is -0.189. The van der Waals surface area contributed by atoms with Gasteiger partial charge < -0.3 is 5.32 Å². The Morgan fingerprint density at radius 1 is 1.14 bits per heavy atom. The van der Waals surface area contributed by atoms with E-state index in [0.717, 1.165) is 40.9 Å². The minimum Gasteiger partial charge on any atom is -0.345 e. The number of amides is 1. The van der Waals surface area contributed by atoms with Crippen molar-refractivity contribution in [1.82, 2.24) is 39.8 Å². The van der Waals surface area contributed by atoms with Gasteiger partial charge in [0.05, 0.1) is 28.4 Å². The molecular weight excluding hydrogens is 440 g/mol. The van der Waals surface area contributed by atoms with E-state index in [0.29, 0.717) is 22.9 Å². The predicted molar refractivity (Wildman–Crippen MR) is 131 cm³/mol. The van der Waals surface area contributed by atoms with Gasteiger partial charge in [-0.15, -0.1) is 0 Å². The Kier molecular flexibility index (Phi) is 5.09. The van der Waals surface area contributed by atoms with E-state index in [1.54, 1.807) is 21.9 Å². The highest BCUT2D eigenvalue weighted by molar-refractivity contribution is 6.07. The number of rotatable bonds is 6. The molecule has 1 unspecified atom stereocenters. The summed E-state index contributed by atoms with van der Waals surface area (Å²) in [4.78, 5) is 26.9. The Balaban J connectivity index is 1.34. The van der Waals surface area contributed by atoms with Crippen molar-refractivity contribution in [2.45, 2.75) is 38.6 Å². The minimum absolute atomic E-state index is 0.143. The SMILES string of the molecule is Cc1nn(-c2ccccn2)c2nc(C3CC3)cc(C(=O)NC(C)c3ccc(-n4cncn4)cc3)c12. The van der Waals surface area contributed by atoms with Crippen LogP contribution >= 0.6 is 0 Å². The molecule has 1 N–H and O–H groups in total. The molecule has 5 aromatic rings. The van der Waals surface area contributed by atoms with Crippen LogP contribution in [0.1, 0.15) is 59.0 Å². The van der Waals surface area contributed by atoms with Crippen molar-refractivity contribution >= 4 is 16.9 Å². The fourth-order valence-electron chi connectivity index (χ4n) is 4.33. The molecule has 1 aliphatic rings. The molecule has 1 saturated carbocycles. The predicted octanol–water partition coefficient (Wildman–Crippen LogP) is 4.07. The summed E-state index contributed by atoms with van der Waals surface area (Å²) in [5.41, 5.74) is 4.85. The number of nitrogens with one attached hydrogen (secondary N) is 1. The summed E-state index contributed by atoms with van der Waals surface area (Å²) in [6.07, 6.45) is 7.06. The molecule has 0 aliphatic heterocycles. The summed E-state index contributed by atoms with van der Waals surface area (Å²) < 4.78 is 3.43. The average Bonchev–Trinajstić information content (AvgIpc) is 3.49. The molecule has 174 valence electrons. The van der Waals surface area contributed by atoms with E-state index < -0.39 is 0 Å². The first-order valence-electron chi connectivity index (χ1n) is 11.7. The third-order valence-corrected chi connectivity index (χ3v) is 6.36. The third kappa shape index (κ3) is 3.95. The van der Waals surface area contributed by atoms with Gasteiger partial charge in [0.1, 0.15) is 12.7 Å². The van der Waals surface area contributed by atoms with Gasteiger partial charge in [0, 0.05) is 17.8 Å². The monoisotopic (exact) mass is 464 g/mol. The van der Waals surface area contributed by atoms with Crippen molar-refractivity contribution in [2.24, 2.45) is 0 Å². The number of nitrogens with zero attached hydrogens (tertiary/aromatic N) is 7. The summed E-state index contributed by atoms with van der Waals surface area (Å²) in [5.74, 6) is 0.925. The van der Waals surface area contributed by atoms with Crippen LogP contribution in [0.4, 0.5) is 0 Å². The van der Waals surface area contributed by atoms with E-state index in [4.69, 9.17) is 10.1 Å². The van der Waals surface area contributed by atoms with Gasteiger partial charge in [-0.3, -0.25) is 4.79 Å². The highest BCUT2D eigenvalue weighted by atomic mass is 16.1. The van der Waals surface area contributed by atoms with Crippen molar-refractivity contribution in [3.63, 3.8) is 0 Å². The smallest absolute Gasteiger partial charge is 0.252 e. The zero-order chi connectivity index (χ0) is 23.9. The normalized spacial score (nSPS) is 14.2. The van der Waals surface area contributed by atoms with Crippen molar-refractivity contribution < 1.29 is 4.79 Å². The van der Waals surface area contributed by atoms with E-state index in [1.165, 1.54) is 6.33 Å². The van der Waals surface area contributed by atoms with Crippen LogP contribution in [0.2, 0.25) is 0 Å². The third-order valence-electron chi connectivity index (χ3n) is 6.36. The molecule has 0 radical (unpaired) electrons. The van der Waals surface area contributed by atoms with Gasteiger partial charge in [-0.1, -0.05) is 18.2 Å². The Morgan fingerprint density at radius 2 is 1.97 bits per heavy atom. The van der Waals surface area contributed by atoms with E-state index in [1.807, 2.05) is 62.4 Å². The molecule has 9 nitrogen and oxygen atoms in total. The maximum absolute atomic E-state index is 13.6. The lowest BCUT2D eigenvalue weighted by Gasteiger charge is -2.16. The number of benzene rings is 1. The molecule has 1 amide bonds. The Bertz CT molecular complexity index is 1500. The molecule has 4 heterocycles. The molecule has 1 fully saturated rings. The van der Waals surface area contributed by atoms with Crippen LogP contribution in [0, 0.1) is 6.92 Å². The fraction of sp³-hybridized carbons (Fsp3) is 0.231. The number of carbonyl (C=O) groups excluding carboxylic acids is 1. The second-order valence-corrected chi connectivity index (χ2v) is 8.88. The van der Waals surface area contributed by atoms with Crippen molar-refractivity contribution in [3.8, 4) is 11.5 Å². The second-order valence-electron chi connectivity index (χ2n) is 8.88. The number of aryl methyl sites for hydroxylation is 1. The van der Waals surface area contributed by atoms with E-state index in [2.05, 4.69) is 20.4 Å². The number of pyridine rings is 2. The molecule has 6 rings (SSSR count). The average molecular weight is 465 g/mol. The first kappa shape index (κ1) is 21.2. The molecule has 1 aliphatic carbocycles. The van der Waals surface area contributed by atoms with Crippen LogP contribution in [0.25, 0.3) is 22.5 Å². The molecule has 9 heteroatoms. The Morgan fingerprint density at radius 3 is 2.66 bits per heavy atom. The quantitative estimate of drug-likeness (QED) is 0.406. The van der Waals surface area contributed by atoms with Gasteiger partial charge in [0.15, 0.2) is 11.5 Å². The second kappa shape index (κ2) is 8.43. The van der Waals surface area contributed by atoms with Gasteiger partial charge in [0.2, 0.25) is 0 Å². The van der Waals surface area contributed by atoms with Crippen LogP contribution in [0.5, 0.6) is 0 Å². The number of aromatic nitrogens is 7. The number of carbonyl (C=O) groups is 1. The van der Waals surface area contributed by atoms with E-state index in [-0.39, 0.29) is 11.9 Å². The van der Waals surface area contributed by atoms with Crippen LogP contribution in [-0.4, -0.2) is 40.4 Å². The van der Waals surface area contributed by atoms with Gasteiger partial charge in [0.25, 0.3) is 5.91 Å². The zero-order valence-corrected chi connectivity index (χ0v) is 19.5. The van der Waals surface area contributed by atoms with Crippen molar-refractivity contribution in [3.05, 3.63) is 89.9 Å². The highest BCUT2D eigenvalue weighted by Crippen LogP contribution is 2.40. The Hall–Kier alpha value is -4.40. The van der Waals surface area contributed by atoms with Crippen LogP contribution in [0.3, 0.4) is 0 Å². The Labute approximate surface area is 201 Å². The summed E-state index contributed by atoms with van der Waals surface area (Å²) in [6, 6.07) is 15.3. The maximum Gasteiger partial charge on any atom is 0.252 e. The lowest BCUT2D eigenvalue weighted by atomic mass is 10.0. The summed E-state index contributed by atoms with van der Waals surface area (Å²) >= 11 is 0.